The summed E-state index contributed by atoms with van der Waals surface area (Å²) >= 11 is 5.96. The van der Waals surface area contributed by atoms with Gasteiger partial charge in [-0.2, -0.15) is 5.10 Å². The van der Waals surface area contributed by atoms with Gasteiger partial charge in [-0.05, 0) is 30.2 Å². The van der Waals surface area contributed by atoms with Crippen LogP contribution in [0, 0.1) is 0 Å². The summed E-state index contributed by atoms with van der Waals surface area (Å²) in [7, 11) is 0. The molecule has 1 amide bonds. The molecule has 0 unspecified atom stereocenters. The number of nitrogens with zero attached hydrogens (tertiary/aromatic N) is 2. The van der Waals surface area contributed by atoms with Crippen LogP contribution in [0.4, 0.5) is 0 Å². The number of amides is 1. The maximum atomic E-state index is 12.2. The summed E-state index contributed by atoms with van der Waals surface area (Å²) in [5, 5.41) is 10.6. The standard InChI is InChI=1S/C18H21ClN4O2/c19-13-3-1-12(2-4-13)17-10-23-9-15(7-16(23)11-25-17)21-18(24)8-14-5-6-20-22-14/h1-6,15-17H,7-11H2,(H,20,22)(H,21,24)/t15-,16+,17-/m1/s1. The number of halogens is 1. The number of benzene rings is 1. The van der Waals surface area contributed by atoms with Crippen LogP contribution in [0.25, 0.3) is 0 Å². The Hall–Kier alpha value is -1.89. The maximum Gasteiger partial charge on any atom is 0.226 e. The fourth-order valence-corrected chi connectivity index (χ4v) is 3.82. The minimum absolute atomic E-state index is 0.0317. The van der Waals surface area contributed by atoms with E-state index in [9.17, 15) is 4.79 Å². The molecular formula is C18H21ClN4O2. The van der Waals surface area contributed by atoms with Crippen molar-refractivity contribution in [3.05, 3.63) is 52.8 Å². The first-order valence-corrected chi connectivity index (χ1v) is 8.94. The molecule has 0 bridgehead atoms. The molecule has 2 saturated heterocycles. The summed E-state index contributed by atoms with van der Waals surface area (Å²) in [6.45, 7) is 2.41. The maximum absolute atomic E-state index is 12.2. The molecule has 2 aromatic rings. The quantitative estimate of drug-likeness (QED) is 0.874. The van der Waals surface area contributed by atoms with Crippen LogP contribution in [0.2, 0.25) is 5.02 Å². The van der Waals surface area contributed by atoms with Gasteiger partial charge in [0.05, 0.1) is 19.1 Å². The van der Waals surface area contributed by atoms with Gasteiger partial charge in [-0.3, -0.25) is 14.8 Å². The lowest BCUT2D eigenvalue weighted by atomic mass is 10.1. The zero-order chi connectivity index (χ0) is 17.2. The summed E-state index contributed by atoms with van der Waals surface area (Å²) in [5.41, 5.74) is 1.98. The van der Waals surface area contributed by atoms with Gasteiger partial charge in [-0.1, -0.05) is 23.7 Å². The van der Waals surface area contributed by atoms with E-state index in [1.807, 2.05) is 30.3 Å². The average molecular weight is 361 g/mol. The molecule has 2 fully saturated rings. The van der Waals surface area contributed by atoms with Crippen LogP contribution in [0.5, 0.6) is 0 Å². The second-order valence-corrected chi connectivity index (χ2v) is 7.18. The van der Waals surface area contributed by atoms with Gasteiger partial charge in [0.15, 0.2) is 0 Å². The first-order chi connectivity index (χ1) is 12.2. The van der Waals surface area contributed by atoms with Crippen molar-refractivity contribution in [2.24, 2.45) is 0 Å². The Morgan fingerprint density at radius 2 is 2.16 bits per heavy atom. The first-order valence-electron chi connectivity index (χ1n) is 8.56. The highest BCUT2D eigenvalue weighted by molar-refractivity contribution is 6.30. The minimum Gasteiger partial charge on any atom is -0.371 e. The Balaban J connectivity index is 1.32. The van der Waals surface area contributed by atoms with Crippen molar-refractivity contribution in [1.82, 2.24) is 20.4 Å². The molecule has 3 atom stereocenters. The van der Waals surface area contributed by atoms with Crippen molar-refractivity contribution in [3.8, 4) is 0 Å². The normalized spacial score (nSPS) is 26.4. The molecule has 6 nitrogen and oxygen atoms in total. The van der Waals surface area contributed by atoms with Crippen LogP contribution >= 0.6 is 11.6 Å². The molecule has 7 heteroatoms. The lowest BCUT2D eigenvalue weighted by molar-refractivity contribution is -0.121. The number of hydrogen-bond donors (Lipinski definition) is 2. The van der Waals surface area contributed by atoms with Gasteiger partial charge < -0.3 is 10.1 Å². The Kier molecular flexibility index (Phi) is 4.74. The van der Waals surface area contributed by atoms with E-state index in [-0.39, 0.29) is 18.1 Å². The second kappa shape index (κ2) is 7.15. The van der Waals surface area contributed by atoms with E-state index in [1.165, 1.54) is 0 Å². The van der Waals surface area contributed by atoms with Crippen molar-refractivity contribution < 1.29 is 9.53 Å². The fourth-order valence-electron chi connectivity index (χ4n) is 3.69. The Bertz CT molecular complexity index is 719. The number of carbonyl (C=O) groups is 1. The molecule has 4 rings (SSSR count). The average Bonchev–Trinajstić information content (AvgIpc) is 3.23. The minimum atomic E-state index is 0.0317. The van der Waals surface area contributed by atoms with E-state index in [4.69, 9.17) is 16.3 Å². The zero-order valence-corrected chi connectivity index (χ0v) is 14.6. The van der Waals surface area contributed by atoms with E-state index in [1.54, 1.807) is 6.20 Å². The molecule has 0 spiro atoms. The SMILES string of the molecule is O=C(Cc1ccn[nH]1)N[C@@H]1C[C@H]2CO[C@@H](c3ccc(Cl)cc3)CN2C1. The molecule has 0 saturated carbocycles. The Morgan fingerprint density at radius 1 is 1.32 bits per heavy atom. The highest BCUT2D eigenvalue weighted by Crippen LogP contribution is 2.30. The second-order valence-electron chi connectivity index (χ2n) is 6.74. The smallest absolute Gasteiger partial charge is 0.226 e. The highest BCUT2D eigenvalue weighted by Gasteiger charge is 2.38. The molecule has 1 aromatic heterocycles. The summed E-state index contributed by atoms with van der Waals surface area (Å²) in [6.07, 6.45) is 2.99. The van der Waals surface area contributed by atoms with Gasteiger partial charge in [0.25, 0.3) is 0 Å². The molecule has 3 heterocycles. The topological polar surface area (TPSA) is 70.2 Å². The predicted molar refractivity (Wildman–Crippen MR) is 94.3 cm³/mol. The highest BCUT2D eigenvalue weighted by atomic mass is 35.5. The largest absolute Gasteiger partial charge is 0.371 e. The van der Waals surface area contributed by atoms with Crippen LogP contribution in [0.15, 0.2) is 36.5 Å². The van der Waals surface area contributed by atoms with E-state index in [0.717, 1.165) is 35.8 Å². The summed E-state index contributed by atoms with van der Waals surface area (Å²) in [6, 6.07) is 10.2. The van der Waals surface area contributed by atoms with E-state index in [2.05, 4.69) is 20.4 Å². The monoisotopic (exact) mass is 360 g/mol. The van der Waals surface area contributed by atoms with Gasteiger partial charge >= 0.3 is 0 Å². The molecule has 2 aliphatic heterocycles. The van der Waals surface area contributed by atoms with Crippen LogP contribution in [0.3, 0.4) is 0 Å². The van der Waals surface area contributed by atoms with E-state index < -0.39 is 0 Å². The van der Waals surface area contributed by atoms with Gasteiger partial charge in [0.1, 0.15) is 0 Å². The molecule has 0 aliphatic carbocycles. The number of morpholine rings is 1. The van der Waals surface area contributed by atoms with Crippen molar-refractivity contribution in [1.29, 1.82) is 0 Å². The van der Waals surface area contributed by atoms with Crippen LogP contribution in [-0.2, 0) is 16.0 Å². The Labute approximate surface area is 151 Å². The number of aromatic amines is 1. The molecule has 25 heavy (non-hydrogen) atoms. The molecular weight excluding hydrogens is 340 g/mol. The number of H-pyrrole nitrogens is 1. The van der Waals surface area contributed by atoms with E-state index >= 15 is 0 Å². The lowest BCUT2D eigenvalue weighted by Crippen LogP contribution is -2.43. The van der Waals surface area contributed by atoms with Crippen LogP contribution in [-0.4, -0.2) is 52.8 Å². The zero-order valence-electron chi connectivity index (χ0n) is 13.8. The van der Waals surface area contributed by atoms with Crippen LogP contribution < -0.4 is 5.32 Å². The molecule has 132 valence electrons. The van der Waals surface area contributed by atoms with Gasteiger partial charge in [0.2, 0.25) is 5.91 Å². The number of rotatable bonds is 4. The third-order valence-corrected chi connectivity index (χ3v) is 5.19. The molecule has 2 N–H and O–H groups in total. The predicted octanol–water partition coefficient (Wildman–Crippen LogP) is 1.94. The van der Waals surface area contributed by atoms with E-state index in [0.29, 0.717) is 19.1 Å². The van der Waals surface area contributed by atoms with Gasteiger partial charge in [-0.15, -0.1) is 0 Å². The molecule has 2 aliphatic rings. The molecule has 1 aromatic carbocycles. The third-order valence-electron chi connectivity index (χ3n) is 4.93. The fraction of sp³-hybridized carbons (Fsp3) is 0.444. The van der Waals surface area contributed by atoms with Crippen molar-refractivity contribution in [2.45, 2.75) is 31.0 Å². The number of carbonyl (C=O) groups excluding carboxylic acids is 1. The summed E-state index contributed by atoms with van der Waals surface area (Å²) in [5.74, 6) is 0.0317. The van der Waals surface area contributed by atoms with Crippen molar-refractivity contribution in [2.75, 3.05) is 19.7 Å². The number of ether oxygens (including phenoxy) is 1. The first kappa shape index (κ1) is 16.6. The number of aromatic nitrogens is 2. The van der Waals surface area contributed by atoms with Gasteiger partial charge in [0, 0.05) is 42.1 Å². The molecule has 0 radical (unpaired) electrons. The number of nitrogens with one attached hydrogen (secondary N) is 2. The van der Waals surface area contributed by atoms with Crippen LogP contribution in [0.1, 0.15) is 23.8 Å². The summed E-state index contributed by atoms with van der Waals surface area (Å²) in [4.78, 5) is 14.6. The lowest BCUT2D eigenvalue weighted by Gasteiger charge is -2.35. The number of fused-ring (bicyclic) bond motifs is 1. The van der Waals surface area contributed by atoms with Gasteiger partial charge in [-0.25, -0.2) is 0 Å². The van der Waals surface area contributed by atoms with Crippen molar-refractivity contribution >= 4 is 17.5 Å². The summed E-state index contributed by atoms with van der Waals surface area (Å²) < 4.78 is 6.05. The third kappa shape index (κ3) is 3.86. The Morgan fingerprint density at radius 3 is 2.92 bits per heavy atom. The van der Waals surface area contributed by atoms with Crippen molar-refractivity contribution in [3.63, 3.8) is 0 Å². The number of hydrogen-bond acceptors (Lipinski definition) is 4.